The van der Waals surface area contributed by atoms with Crippen LogP contribution in [0.3, 0.4) is 0 Å². The predicted molar refractivity (Wildman–Crippen MR) is 68.8 cm³/mol. The standard InChI is InChI=1S/C12H18BNO4/c1-3-4-5-6-7-8-13-17-11(15)9-14(2)10-12(16)18-13/h3,6-7H,1,4-5,8-10H2,2H3/b7-6+. The average Bonchev–Trinajstić information content (AvgIpc) is 2.26. The highest BCUT2D eigenvalue weighted by atomic mass is 16.6. The van der Waals surface area contributed by atoms with E-state index in [1.54, 1.807) is 11.9 Å². The fourth-order valence-corrected chi connectivity index (χ4v) is 1.52. The Morgan fingerprint density at radius 3 is 2.39 bits per heavy atom. The van der Waals surface area contributed by atoms with Crippen molar-refractivity contribution >= 4 is 19.1 Å². The summed E-state index contributed by atoms with van der Waals surface area (Å²) < 4.78 is 10.1. The van der Waals surface area contributed by atoms with Crippen molar-refractivity contribution in [2.75, 3.05) is 20.1 Å². The number of likely N-dealkylation sites (N-methyl/N-ethyl adjacent to an activating group) is 1. The number of nitrogens with zero attached hydrogens (tertiary/aromatic N) is 1. The maximum Gasteiger partial charge on any atom is 0.602 e. The van der Waals surface area contributed by atoms with Crippen LogP contribution in [-0.4, -0.2) is 44.1 Å². The van der Waals surface area contributed by atoms with E-state index in [-0.39, 0.29) is 25.0 Å². The van der Waals surface area contributed by atoms with Crippen LogP contribution in [0.5, 0.6) is 0 Å². The van der Waals surface area contributed by atoms with Crippen LogP contribution in [0, 0.1) is 0 Å². The number of unbranched alkanes of at least 4 members (excludes halogenated alkanes) is 1. The Bertz CT molecular complexity index is 323. The van der Waals surface area contributed by atoms with Crippen molar-refractivity contribution in [2.45, 2.75) is 19.2 Å². The highest BCUT2D eigenvalue weighted by Crippen LogP contribution is 2.05. The fraction of sp³-hybridized carbons (Fsp3) is 0.500. The minimum Gasteiger partial charge on any atom is -0.498 e. The molecular weight excluding hydrogens is 233 g/mol. The molecule has 0 amide bonds. The zero-order valence-electron chi connectivity index (χ0n) is 10.6. The smallest absolute Gasteiger partial charge is 0.498 e. The monoisotopic (exact) mass is 251 g/mol. The first-order valence-electron chi connectivity index (χ1n) is 5.95. The van der Waals surface area contributed by atoms with E-state index in [1.807, 2.05) is 18.2 Å². The number of carbonyl (C=O) groups is 2. The maximum atomic E-state index is 11.4. The highest BCUT2D eigenvalue weighted by molar-refractivity contribution is 6.49. The Kier molecular flexibility index (Phi) is 6.21. The van der Waals surface area contributed by atoms with E-state index < -0.39 is 7.12 Å². The first kappa shape index (κ1) is 14.5. The van der Waals surface area contributed by atoms with Crippen LogP contribution in [0.2, 0.25) is 6.32 Å². The summed E-state index contributed by atoms with van der Waals surface area (Å²) in [4.78, 5) is 24.4. The molecule has 6 heteroatoms. The number of carbonyl (C=O) groups excluding carboxylic acids is 2. The van der Waals surface area contributed by atoms with Crippen molar-refractivity contribution in [3.8, 4) is 0 Å². The SMILES string of the molecule is C=CCC/C=C/CB1OC(=O)CN(C)CC(=O)O1. The molecule has 1 aliphatic rings. The van der Waals surface area contributed by atoms with Crippen molar-refractivity contribution in [1.29, 1.82) is 0 Å². The van der Waals surface area contributed by atoms with Crippen molar-refractivity contribution in [1.82, 2.24) is 4.90 Å². The number of allylic oxidation sites excluding steroid dienone is 3. The lowest BCUT2D eigenvalue weighted by Gasteiger charge is -2.21. The first-order valence-corrected chi connectivity index (χ1v) is 5.95. The molecule has 0 aromatic heterocycles. The van der Waals surface area contributed by atoms with Crippen LogP contribution in [0.4, 0.5) is 0 Å². The van der Waals surface area contributed by atoms with Crippen LogP contribution in [0.1, 0.15) is 12.8 Å². The Hall–Kier alpha value is -1.56. The van der Waals surface area contributed by atoms with Crippen LogP contribution < -0.4 is 0 Å². The minimum atomic E-state index is -0.807. The summed E-state index contributed by atoms with van der Waals surface area (Å²) in [5.41, 5.74) is 0. The minimum absolute atomic E-state index is 0.103. The topological polar surface area (TPSA) is 55.8 Å². The normalized spacial score (nSPS) is 18.2. The molecule has 0 aliphatic carbocycles. The molecule has 1 rings (SSSR count). The van der Waals surface area contributed by atoms with Crippen molar-refractivity contribution in [3.63, 3.8) is 0 Å². The molecule has 5 nitrogen and oxygen atoms in total. The molecule has 0 saturated carbocycles. The van der Waals surface area contributed by atoms with E-state index in [0.717, 1.165) is 12.8 Å². The van der Waals surface area contributed by atoms with Gasteiger partial charge >= 0.3 is 19.1 Å². The quantitative estimate of drug-likeness (QED) is 0.415. The van der Waals surface area contributed by atoms with Gasteiger partial charge in [0.05, 0.1) is 13.1 Å². The summed E-state index contributed by atoms with van der Waals surface area (Å²) in [7, 11) is 0.858. The molecule has 1 aliphatic heterocycles. The number of rotatable bonds is 5. The third kappa shape index (κ3) is 5.68. The van der Waals surface area contributed by atoms with Gasteiger partial charge in [0.1, 0.15) is 0 Å². The van der Waals surface area contributed by atoms with E-state index in [0.29, 0.717) is 6.32 Å². The van der Waals surface area contributed by atoms with E-state index in [4.69, 9.17) is 9.31 Å². The van der Waals surface area contributed by atoms with Gasteiger partial charge in [-0.25, -0.2) is 0 Å². The van der Waals surface area contributed by atoms with E-state index in [1.165, 1.54) is 0 Å². The molecule has 0 radical (unpaired) electrons. The van der Waals surface area contributed by atoms with Crippen molar-refractivity contribution in [2.24, 2.45) is 0 Å². The molecule has 0 bridgehead atoms. The lowest BCUT2D eigenvalue weighted by molar-refractivity contribution is -0.145. The number of hydrogen-bond acceptors (Lipinski definition) is 5. The molecule has 0 aromatic carbocycles. The average molecular weight is 251 g/mol. The fourth-order valence-electron chi connectivity index (χ4n) is 1.52. The summed E-state index contributed by atoms with van der Waals surface area (Å²) >= 11 is 0. The zero-order chi connectivity index (χ0) is 13.4. The summed E-state index contributed by atoms with van der Waals surface area (Å²) in [6.07, 6.45) is 7.79. The van der Waals surface area contributed by atoms with Crippen LogP contribution in [0.25, 0.3) is 0 Å². The Balaban J connectivity index is 2.43. The molecule has 0 N–H and O–H groups in total. The van der Waals surface area contributed by atoms with Crippen LogP contribution in [0.15, 0.2) is 24.8 Å². The molecule has 1 heterocycles. The van der Waals surface area contributed by atoms with Gasteiger partial charge in [-0.05, 0) is 19.9 Å². The zero-order valence-corrected chi connectivity index (χ0v) is 10.6. The van der Waals surface area contributed by atoms with Gasteiger partial charge in [-0.15, -0.1) is 6.58 Å². The Labute approximate surface area is 108 Å². The molecule has 0 unspecified atom stereocenters. The van der Waals surface area contributed by atoms with E-state index in [2.05, 4.69) is 6.58 Å². The molecule has 0 spiro atoms. The molecule has 0 atom stereocenters. The van der Waals surface area contributed by atoms with Crippen molar-refractivity contribution in [3.05, 3.63) is 24.8 Å². The van der Waals surface area contributed by atoms with Crippen LogP contribution in [-0.2, 0) is 18.9 Å². The van der Waals surface area contributed by atoms with Gasteiger partial charge in [0.15, 0.2) is 0 Å². The number of hydrogen-bond donors (Lipinski definition) is 0. The van der Waals surface area contributed by atoms with Gasteiger partial charge < -0.3 is 9.31 Å². The van der Waals surface area contributed by atoms with Crippen molar-refractivity contribution < 1.29 is 18.9 Å². The van der Waals surface area contributed by atoms with Gasteiger partial charge in [-0.2, -0.15) is 0 Å². The second-order valence-corrected chi connectivity index (χ2v) is 4.15. The predicted octanol–water partition coefficient (Wildman–Crippen LogP) is 1.03. The molecule has 18 heavy (non-hydrogen) atoms. The maximum absolute atomic E-state index is 11.4. The molecule has 1 saturated heterocycles. The largest absolute Gasteiger partial charge is 0.602 e. The third-order valence-electron chi connectivity index (χ3n) is 2.36. The summed E-state index contributed by atoms with van der Waals surface area (Å²) in [5.74, 6) is -0.760. The Morgan fingerprint density at radius 1 is 1.22 bits per heavy atom. The van der Waals surface area contributed by atoms with Gasteiger partial charge in [-0.3, -0.25) is 14.5 Å². The molecule has 1 fully saturated rings. The Morgan fingerprint density at radius 2 is 1.83 bits per heavy atom. The summed E-state index contributed by atoms with van der Waals surface area (Å²) in [5, 5.41) is 0. The summed E-state index contributed by atoms with van der Waals surface area (Å²) in [6, 6.07) is 0. The summed E-state index contributed by atoms with van der Waals surface area (Å²) in [6.45, 7) is 3.83. The highest BCUT2D eigenvalue weighted by Gasteiger charge is 2.30. The van der Waals surface area contributed by atoms with Gasteiger partial charge in [-0.1, -0.05) is 18.2 Å². The first-order chi connectivity index (χ1) is 8.61. The van der Waals surface area contributed by atoms with Crippen LogP contribution >= 0.6 is 0 Å². The van der Waals surface area contributed by atoms with Gasteiger partial charge in [0, 0.05) is 6.32 Å². The van der Waals surface area contributed by atoms with E-state index >= 15 is 0 Å². The van der Waals surface area contributed by atoms with E-state index in [9.17, 15) is 9.59 Å². The van der Waals surface area contributed by atoms with Gasteiger partial charge in [0.2, 0.25) is 0 Å². The third-order valence-corrected chi connectivity index (χ3v) is 2.36. The molecular formula is C12H18BNO4. The van der Waals surface area contributed by atoms with Gasteiger partial charge in [0.25, 0.3) is 0 Å². The second-order valence-electron chi connectivity index (χ2n) is 4.15. The lowest BCUT2D eigenvalue weighted by Crippen LogP contribution is -2.42. The second kappa shape index (κ2) is 7.71. The lowest BCUT2D eigenvalue weighted by atomic mass is 9.84. The molecule has 98 valence electrons. The molecule has 0 aromatic rings.